The molecule has 1 unspecified atom stereocenters. The monoisotopic (exact) mass is 501 g/mol. The lowest BCUT2D eigenvalue weighted by Gasteiger charge is -2.39. The number of hydrogen-bond acceptors (Lipinski definition) is 3. The summed E-state index contributed by atoms with van der Waals surface area (Å²) in [4.78, 5) is 0. The van der Waals surface area contributed by atoms with Crippen molar-refractivity contribution in [1.29, 1.82) is 5.26 Å². The van der Waals surface area contributed by atoms with E-state index >= 15 is 0 Å². The van der Waals surface area contributed by atoms with Crippen molar-refractivity contribution in [3.05, 3.63) is 160 Å². The van der Waals surface area contributed by atoms with Gasteiger partial charge in [0.1, 0.15) is 23.4 Å². The smallest absolute Gasteiger partial charge is 0.132 e. The number of hydrogen-bond donors (Lipinski definition) is 0. The highest BCUT2D eigenvalue weighted by Gasteiger charge is 2.51. The van der Waals surface area contributed by atoms with Crippen molar-refractivity contribution in [2.24, 2.45) is 0 Å². The van der Waals surface area contributed by atoms with Gasteiger partial charge in [-0.25, -0.2) is 0 Å². The highest BCUT2D eigenvalue weighted by atomic mass is 16.5. The Morgan fingerprint density at radius 2 is 1.31 bits per heavy atom. The summed E-state index contributed by atoms with van der Waals surface area (Å²) in [6, 6.07) is 42.3. The summed E-state index contributed by atoms with van der Waals surface area (Å²) in [6.45, 7) is 0. The molecule has 1 atom stereocenters. The van der Waals surface area contributed by atoms with E-state index in [1.165, 1.54) is 27.8 Å². The summed E-state index contributed by atoms with van der Waals surface area (Å²) in [7, 11) is 0. The van der Waals surface area contributed by atoms with Crippen molar-refractivity contribution < 1.29 is 9.47 Å². The fourth-order valence-electron chi connectivity index (χ4n) is 6.64. The van der Waals surface area contributed by atoms with Gasteiger partial charge < -0.3 is 9.47 Å². The van der Waals surface area contributed by atoms with Gasteiger partial charge in [0.25, 0.3) is 0 Å². The third-order valence-electron chi connectivity index (χ3n) is 8.33. The summed E-state index contributed by atoms with van der Waals surface area (Å²) in [5, 5.41) is 9.12. The number of ether oxygens (including phenoxy) is 2. The quantitative estimate of drug-likeness (QED) is 0.238. The van der Waals surface area contributed by atoms with Gasteiger partial charge in [-0.1, -0.05) is 78.9 Å². The van der Waals surface area contributed by atoms with Gasteiger partial charge in [-0.15, -0.1) is 0 Å². The van der Waals surface area contributed by atoms with Crippen LogP contribution in [0.4, 0.5) is 0 Å². The normalized spacial score (nSPS) is 17.1. The molecule has 1 aliphatic carbocycles. The predicted molar refractivity (Wildman–Crippen MR) is 151 cm³/mol. The molecule has 0 radical (unpaired) electrons. The first-order valence-corrected chi connectivity index (χ1v) is 13.3. The number of nitriles is 1. The van der Waals surface area contributed by atoms with E-state index in [0.717, 1.165) is 40.4 Å². The van der Waals surface area contributed by atoms with Crippen molar-refractivity contribution in [2.75, 3.05) is 0 Å². The van der Waals surface area contributed by atoms with Gasteiger partial charge in [0.2, 0.25) is 0 Å². The number of benzene rings is 5. The van der Waals surface area contributed by atoms with E-state index in [-0.39, 0.29) is 6.10 Å². The van der Waals surface area contributed by atoms with Gasteiger partial charge in [-0.2, -0.15) is 5.26 Å². The average molecular weight is 502 g/mol. The summed E-state index contributed by atoms with van der Waals surface area (Å²) >= 11 is 0. The van der Waals surface area contributed by atoms with E-state index in [2.05, 4.69) is 97.1 Å². The molecule has 184 valence electrons. The van der Waals surface area contributed by atoms with Crippen LogP contribution in [0.1, 0.15) is 51.5 Å². The van der Waals surface area contributed by atoms with Crippen molar-refractivity contribution in [2.45, 2.75) is 17.9 Å². The average Bonchev–Trinajstić information content (AvgIpc) is 3.60. The molecule has 3 aliphatic rings. The Morgan fingerprint density at radius 1 is 0.667 bits per heavy atom. The largest absolute Gasteiger partial charge is 0.485 e. The SMILES string of the molecule is N#Cc1ccc(C2=CCC(c3ccc4c(c3)Oc3ccccc3C43c4ccccc4-c4ccccc43)O2)cc1. The van der Waals surface area contributed by atoms with Gasteiger partial charge >= 0.3 is 0 Å². The van der Waals surface area contributed by atoms with E-state index in [1.807, 2.05) is 30.3 Å². The molecule has 39 heavy (non-hydrogen) atoms. The van der Waals surface area contributed by atoms with Crippen LogP contribution < -0.4 is 4.74 Å². The maximum atomic E-state index is 9.12. The predicted octanol–water partition coefficient (Wildman–Crippen LogP) is 8.53. The molecule has 0 saturated heterocycles. The highest BCUT2D eigenvalue weighted by Crippen LogP contribution is 2.62. The maximum Gasteiger partial charge on any atom is 0.132 e. The van der Waals surface area contributed by atoms with Gasteiger partial charge in [0.15, 0.2) is 0 Å². The lowest BCUT2D eigenvalue weighted by atomic mass is 9.66. The molecule has 1 spiro atoms. The van der Waals surface area contributed by atoms with Crippen LogP contribution in [0.3, 0.4) is 0 Å². The second-order valence-corrected chi connectivity index (χ2v) is 10.3. The Hall–Kier alpha value is -5.07. The Labute approximate surface area is 227 Å². The minimum Gasteiger partial charge on any atom is -0.485 e. The molecule has 0 N–H and O–H groups in total. The van der Waals surface area contributed by atoms with Crippen molar-refractivity contribution in [1.82, 2.24) is 0 Å². The van der Waals surface area contributed by atoms with Crippen LogP contribution >= 0.6 is 0 Å². The number of para-hydroxylation sites is 1. The molecule has 3 nitrogen and oxygen atoms in total. The summed E-state index contributed by atoms with van der Waals surface area (Å²) in [6.07, 6.45) is 2.81. The van der Waals surface area contributed by atoms with E-state index in [1.54, 1.807) is 0 Å². The van der Waals surface area contributed by atoms with Crippen LogP contribution in [0.2, 0.25) is 0 Å². The first-order valence-electron chi connectivity index (χ1n) is 13.3. The number of rotatable bonds is 2. The minimum absolute atomic E-state index is 0.0965. The zero-order valence-electron chi connectivity index (χ0n) is 21.1. The van der Waals surface area contributed by atoms with Crippen LogP contribution in [0.15, 0.2) is 121 Å². The zero-order chi connectivity index (χ0) is 26.0. The molecule has 2 heterocycles. The molecule has 3 heteroatoms. The fraction of sp³-hybridized carbons (Fsp3) is 0.0833. The molecule has 0 amide bonds. The van der Waals surface area contributed by atoms with E-state index in [0.29, 0.717) is 5.56 Å². The van der Waals surface area contributed by atoms with Crippen LogP contribution in [0.25, 0.3) is 16.9 Å². The van der Waals surface area contributed by atoms with Crippen LogP contribution in [-0.2, 0) is 10.2 Å². The molecule has 0 fully saturated rings. The van der Waals surface area contributed by atoms with Crippen LogP contribution in [-0.4, -0.2) is 0 Å². The van der Waals surface area contributed by atoms with Crippen molar-refractivity contribution in [3.8, 4) is 28.7 Å². The second kappa shape index (κ2) is 8.21. The van der Waals surface area contributed by atoms with Gasteiger partial charge in [0, 0.05) is 23.1 Å². The van der Waals surface area contributed by atoms with E-state index in [4.69, 9.17) is 14.7 Å². The standard InChI is InChI=1S/C36H23NO2/c37-22-23-13-15-24(16-14-23)32-19-20-33(38-32)25-17-18-31-35(21-25)39-34-12-6-5-11-30(34)36(31)28-9-3-1-7-26(28)27-8-2-4-10-29(27)36/h1-19,21,33H,20H2. The molecular weight excluding hydrogens is 478 g/mol. The van der Waals surface area contributed by atoms with Crippen molar-refractivity contribution >= 4 is 5.76 Å². The maximum absolute atomic E-state index is 9.12. The molecule has 0 bridgehead atoms. The fourth-order valence-corrected chi connectivity index (χ4v) is 6.64. The molecule has 5 aromatic rings. The molecular formula is C36H23NO2. The van der Waals surface area contributed by atoms with Crippen LogP contribution in [0.5, 0.6) is 11.5 Å². The number of fused-ring (bicyclic) bond motifs is 9. The lowest BCUT2D eigenvalue weighted by Crippen LogP contribution is -2.32. The minimum atomic E-state index is -0.446. The second-order valence-electron chi connectivity index (χ2n) is 10.3. The lowest BCUT2D eigenvalue weighted by molar-refractivity contribution is 0.194. The molecule has 5 aromatic carbocycles. The van der Waals surface area contributed by atoms with Gasteiger partial charge in [-0.05, 0) is 70.3 Å². The molecule has 0 saturated carbocycles. The zero-order valence-corrected chi connectivity index (χ0v) is 21.1. The molecule has 2 aliphatic heterocycles. The third kappa shape index (κ3) is 3.03. The summed E-state index contributed by atoms with van der Waals surface area (Å²) < 4.78 is 13.0. The van der Waals surface area contributed by atoms with E-state index in [9.17, 15) is 0 Å². The topological polar surface area (TPSA) is 42.2 Å². The van der Waals surface area contributed by atoms with Crippen molar-refractivity contribution in [3.63, 3.8) is 0 Å². The highest BCUT2D eigenvalue weighted by molar-refractivity contribution is 5.88. The summed E-state index contributed by atoms with van der Waals surface area (Å²) in [5.74, 6) is 2.61. The van der Waals surface area contributed by atoms with E-state index < -0.39 is 5.41 Å². The first kappa shape index (κ1) is 22.0. The third-order valence-corrected chi connectivity index (χ3v) is 8.33. The van der Waals surface area contributed by atoms with Gasteiger partial charge in [0.05, 0.1) is 17.0 Å². The van der Waals surface area contributed by atoms with Gasteiger partial charge in [-0.3, -0.25) is 0 Å². The number of nitrogens with zero attached hydrogens (tertiary/aromatic N) is 1. The van der Waals surface area contributed by atoms with Crippen LogP contribution in [0, 0.1) is 11.3 Å². The Bertz CT molecular complexity index is 1810. The summed E-state index contributed by atoms with van der Waals surface area (Å²) in [5.41, 5.74) is 9.72. The molecule has 8 rings (SSSR count). The first-order chi connectivity index (χ1) is 19.3. The Morgan fingerprint density at radius 3 is 2.03 bits per heavy atom. The molecule has 0 aromatic heterocycles. The Kier molecular flexibility index (Phi) is 4.63. The Balaban J connectivity index is 1.25.